The third-order valence-corrected chi connectivity index (χ3v) is 1.99. The maximum Gasteiger partial charge on any atom is 0.122 e. The van der Waals surface area contributed by atoms with Gasteiger partial charge in [0.2, 0.25) is 0 Å². The van der Waals surface area contributed by atoms with Gasteiger partial charge >= 0.3 is 0 Å². The van der Waals surface area contributed by atoms with Gasteiger partial charge in [0.1, 0.15) is 12.0 Å². The average Bonchev–Trinajstić information content (AvgIpc) is 2.56. The van der Waals surface area contributed by atoms with Crippen molar-refractivity contribution in [2.24, 2.45) is 5.92 Å². The average molecular weight is 166 g/mol. The summed E-state index contributed by atoms with van der Waals surface area (Å²) < 4.78 is 5.22. The van der Waals surface area contributed by atoms with E-state index in [1.165, 1.54) is 0 Å². The number of rotatable bonds is 4. The summed E-state index contributed by atoms with van der Waals surface area (Å²) in [4.78, 5) is 10.4. The minimum Gasteiger partial charge on any atom is -0.469 e. The van der Waals surface area contributed by atoms with E-state index in [1.54, 1.807) is 6.26 Å². The molecule has 0 radical (unpaired) electrons. The highest BCUT2D eigenvalue weighted by Gasteiger charge is 2.11. The molecule has 0 spiro atoms. The molecule has 0 aliphatic heterocycles. The predicted molar refractivity (Wildman–Crippen MR) is 47.0 cm³/mol. The lowest BCUT2D eigenvalue weighted by molar-refractivity contribution is -0.110. The van der Waals surface area contributed by atoms with Crippen molar-refractivity contribution in [2.75, 3.05) is 0 Å². The molecular formula is C10H14O2. The predicted octanol–water partition coefficient (Wildman–Crippen LogP) is 2.61. The number of furan rings is 1. The van der Waals surface area contributed by atoms with Gasteiger partial charge in [0.05, 0.1) is 6.26 Å². The normalized spacial score (nSPS) is 15.5. The van der Waals surface area contributed by atoms with Gasteiger partial charge < -0.3 is 9.21 Å². The number of aldehydes is 1. The molecule has 0 aromatic carbocycles. The molecule has 0 aliphatic rings. The van der Waals surface area contributed by atoms with Crippen LogP contribution < -0.4 is 0 Å². The first kappa shape index (κ1) is 9.04. The Kier molecular flexibility index (Phi) is 3.09. The lowest BCUT2D eigenvalue weighted by atomic mass is 9.96. The Bertz CT molecular complexity index is 226. The highest BCUT2D eigenvalue weighted by molar-refractivity contribution is 5.52. The fourth-order valence-electron chi connectivity index (χ4n) is 1.30. The van der Waals surface area contributed by atoms with Gasteiger partial charge in [0.25, 0.3) is 0 Å². The van der Waals surface area contributed by atoms with Gasteiger partial charge in [-0.3, -0.25) is 0 Å². The minimum atomic E-state index is 0.116. The molecule has 1 rings (SSSR count). The molecule has 1 heterocycles. The number of hydrogen-bond donors (Lipinski definition) is 0. The van der Waals surface area contributed by atoms with E-state index in [0.29, 0.717) is 5.92 Å². The summed E-state index contributed by atoms with van der Waals surface area (Å²) in [5, 5.41) is 0. The summed E-state index contributed by atoms with van der Waals surface area (Å²) in [5.74, 6) is 1.41. The Balaban J connectivity index is 2.49. The van der Waals surface area contributed by atoms with E-state index in [0.717, 1.165) is 18.5 Å². The quantitative estimate of drug-likeness (QED) is 0.643. The van der Waals surface area contributed by atoms with E-state index in [4.69, 9.17) is 4.42 Å². The van der Waals surface area contributed by atoms with Crippen molar-refractivity contribution in [3.8, 4) is 0 Å². The van der Waals surface area contributed by atoms with Crippen molar-refractivity contribution < 1.29 is 9.21 Å². The molecule has 0 bridgehead atoms. The van der Waals surface area contributed by atoms with Crippen LogP contribution in [-0.2, 0) is 4.79 Å². The maximum absolute atomic E-state index is 10.4. The fourth-order valence-corrected chi connectivity index (χ4v) is 1.30. The topological polar surface area (TPSA) is 30.2 Å². The lowest BCUT2D eigenvalue weighted by Gasteiger charge is -2.09. The summed E-state index contributed by atoms with van der Waals surface area (Å²) >= 11 is 0. The first-order valence-corrected chi connectivity index (χ1v) is 4.22. The van der Waals surface area contributed by atoms with Crippen molar-refractivity contribution in [1.82, 2.24) is 0 Å². The van der Waals surface area contributed by atoms with Crippen LogP contribution in [-0.4, -0.2) is 6.29 Å². The largest absolute Gasteiger partial charge is 0.469 e. The van der Waals surface area contributed by atoms with Crippen LogP contribution in [0.25, 0.3) is 0 Å². The monoisotopic (exact) mass is 166 g/mol. The van der Waals surface area contributed by atoms with Crippen molar-refractivity contribution in [3.63, 3.8) is 0 Å². The van der Waals surface area contributed by atoms with Gasteiger partial charge in [-0.15, -0.1) is 0 Å². The molecule has 2 heteroatoms. The Hall–Kier alpha value is -1.05. The zero-order chi connectivity index (χ0) is 8.97. The summed E-state index contributed by atoms with van der Waals surface area (Å²) in [6.45, 7) is 3.99. The van der Waals surface area contributed by atoms with Crippen LogP contribution in [0.1, 0.15) is 31.9 Å². The van der Waals surface area contributed by atoms with E-state index in [1.807, 2.05) is 19.1 Å². The van der Waals surface area contributed by atoms with Crippen LogP contribution in [0.4, 0.5) is 0 Å². The van der Waals surface area contributed by atoms with E-state index in [2.05, 4.69) is 6.92 Å². The van der Waals surface area contributed by atoms with Crippen molar-refractivity contribution in [2.45, 2.75) is 26.2 Å². The van der Waals surface area contributed by atoms with Gasteiger partial charge in [-0.2, -0.15) is 0 Å². The molecule has 0 N–H and O–H groups in total. The molecule has 1 aromatic rings. The third kappa shape index (κ3) is 2.22. The van der Waals surface area contributed by atoms with E-state index in [-0.39, 0.29) is 5.92 Å². The van der Waals surface area contributed by atoms with Gasteiger partial charge in [0, 0.05) is 11.8 Å². The van der Waals surface area contributed by atoms with Crippen LogP contribution >= 0.6 is 0 Å². The Morgan fingerprint density at radius 2 is 2.33 bits per heavy atom. The summed E-state index contributed by atoms with van der Waals surface area (Å²) in [5.41, 5.74) is 0. The zero-order valence-electron chi connectivity index (χ0n) is 7.49. The highest BCUT2D eigenvalue weighted by atomic mass is 16.3. The SMILES string of the molecule is C[C@H](C=O)C[C@@H](C)c1ccco1. The van der Waals surface area contributed by atoms with Crippen LogP contribution in [0.3, 0.4) is 0 Å². The Labute approximate surface area is 72.6 Å². The van der Waals surface area contributed by atoms with Crippen LogP contribution in [0.5, 0.6) is 0 Å². The molecule has 1 aromatic heterocycles. The smallest absolute Gasteiger partial charge is 0.122 e. The van der Waals surface area contributed by atoms with Crippen molar-refractivity contribution in [1.29, 1.82) is 0 Å². The molecule has 66 valence electrons. The third-order valence-electron chi connectivity index (χ3n) is 1.99. The molecule has 2 nitrogen and oxygen atoms in total. The van der Waals surface area contributed by atoms with Crippen molar-refractivity contribution in [3.05, 3.63) is 24.2 Å². The fraction of sp³-hybridized carbons (Fsp3) is 0.500. The Morgan fingerprint density at radius 1 is 1.58 bits per heavy atom. The van der Waals surface area contributed by atoms with E-state index >= 15 is 0 Å². The van der Waals surface area contributed by atoms with Gasteiger partial charge in [-0.05, 0) is 18.6 Å². The zero-order valence-corrected chi connectivity index (χ0v) is 7.49. The van der Waals surface area contributed by atoms with E-state index < -0.39 is 0 Å². The Morgan fingerprint density at radius 3 is 2.83 bits per heavy atom. The molecular weight excluding hydrogens is 152 g/mol. The van der Waals surface area contributed by atoms with E-state index in [9.17, 15) is 4.79 Å². The lowest BCUT2D eigenvalue weighted by Crippen LogP contribution is -2.01. The summed E-state index contributed by atoms with van der Waals surface area (Å²) in [6, 6.07) is 3.82. The van der Waals surface area contributed by atoms with Gasteiger partial charge in [-0.1, -0.05) is 13.8 Å². The van der Waals surface area contributed by atoms with Gasteiger partial charge in [-0.25, -0.2) is 0 Å². The summed E-state index contributed by atoms with van der Waals surface area (Å²) in [7, 11) is 0. The summed E-state index contributed by atoms with van der Waals surface area (Å²) in [6.07, 6.45) is 3.51. The maximum atomic E-state index is 10.4. The second-order valence-electron chi connectivity index (χ2n) is 3.27. The number of carbonyl (C=O) groups excluding carboxylic acids is 1. The van der Waals surface area contributed by atoms with Crippen LogP contribution in [0.15, 0.2) is 22.8 Å². The molecule has 0 saturated heterocycles. The molecule has 0 aliphatic carbocycles. The van der Waals surface area contributed by atoms with Crippen molar-refractivity contribution >= 4 is 6.29 Å². The first-order chi connectivity index (χ1) is 5.74. The molecule has 0 unspecified atom stereocenters. The van der Waals surface area contributed by atoms with Crippen LogP contribution in [0.2, 0.25) is 0 Å². The highest BCUT2D eigenvalue weighted by Crippen LogP contribution is 2.22. The second-order valence-corrected chi connectivity index (χ2v) is 3.27. The number of hydrogen-bond acceptors (Lipinski definition) is 2. The minimum absolute atomic E-state index is 0.116. The molecule has 0 saturated carbocycles. The number of carbonyl (C=O) groups is 1. The molecule has 12 heavy (non-hydrogen) atoms. The molecule has 0 fully saturated rings. The molecule has 2 atom stereocenters. The van der Waals surface area contributed by atoms with Crippen LogP contribution in [0, 0.1) is 5.92 Å². The second kappa shape index (κ2) is 4.10. The van der Waals surface area contributed by atoms with Gasteiger partial charge in [0.15, 0.2) is 0 Å². The standard InChI is InChI=1S/C10H14O2/c1-8(7-11)6-9(2)10-4-3-5-12-10/h3-5,7-9H,6H2,1-2H3/t8-,9+/m0/s1. The first-order valence-electron chi connectivity index (χ1n) is 4.22. The molecule has 0 amide bonds.